The van der Waals surface area contributed by atoms with Crippen LogP contribution in [0.4, 0.5) is 0 Å². The molecule has 0 unspecified atom stereocenters. The van der Waals surface area contributed by atoms with E-state index in [2.05, 4.69) is 21.7 Å². The van der Waals surface area contributed by atoms with Crippen LogP contribution in [0.5, 0.6) is 0 Å². The summed E-state index contributed by atoms with van der Waals surface area (Å²) in [5.74, 6) is -0.958. The summed E-state index contributed by atoms with van der Waals surface area (Å²) in [7, 11) is 2.01. The molecule has 2 rings (SSSR count). The summed E-state index contributed by atoms with van der Waals surface area (Å²) in [5, 5.41) is 13.6. The molecule has 0 spiro atoms. The van der Waals surface area contributed by atoms with Crippen molar-refractivity contribution in [3.63, 3.8) is 0 Å². The molecule has 100 valence electrons. The molecule has 0 aliphatic carbocycles. The average Bonchev–Trinajstić information content (AvgIpc) is 2.84. The molecule has 1 aromatic carbocycles. The number of aromatic carboxylic acids is 1. The van der Waals surface area contributed by atoms with Gasteiger partial charge in [0.25, 0.3) is 0 Å². The molecule has 0 aliphatic heterocycles. The number of rotatable bonds is 5. The van der Waals surface area contributed by atoms with Crippen molar-refractivity contribution in [2.45, 2.75) is 13.1 Å². The molecule has 3 nitrogen and oxygen atoms in total. The lowest BCUT2D eigenvalue weighted by molar-refractivity contribution is 0.0697. The molecule has 0 saturated heterocycles. The largest absolute Gasteiger partial charge is 0.478 e. The molecule has 0 atom stereocenters. The SMILES string of the molecule is CN(Cc1ccsc1)Cc1ccc(C(=O)O)cc1Cl. The first-order valence-corrected chi connectivity index (χ1v) is 7.09. The molecule has 0 aliphatic rings. The monoisotopic (exact) mass is 295 g/mol. The Morgan fingerprint density at radius 2 is 2.16 bits per heavy atom. The van der Waals surface area contributed by atoms with Crippen molar-refractivity contribution >= 4 is 28.9 Å². The van der Waals surface area contributed by atoms with Gasteiger partial charge in [-0.05, 0) is 47.1 Å². The molecule has 1 heterocycles. The van der Waals surface area contributed by atoms with E-state index in [0.717, 1.165) is 12.1 Å². The predicted octanol–water partition coefficient (Wildman–Crippen LogP) is 3.73. The third-order valence-electron chi connectivity index (χ3n) is 2.77. The summed E-state index contributed by atoms with van der Waals surface area (Å²) in [6.07, 6.45) is 0. The van der Waals surface area contributed by atoms with E-state index in [1.165, 1.54) is 11.6 Å². The van der Waals surface area contributed by atoms with Crippen LogP contribution in [0.25, 0.3) is 0 Å². The maximum Gasteiger partial charge on any atom is 0.335 e. The first-order chi connectivity index (χ1) is 9.06. The standard InChI is InChI=1S/C14H14ClNO2S/c1-16(7-10-4-5-19-9-10)8-12-3-2-11(14(17)18)6-13(12)15/h2-6,9H,7-8H2,1H3,(H,17,18). The maximum absolute atomic E-state index is 10.8. The molecular formula is C14H14ClNO2S. The van der Waals surface area contributed by atoms with E-state index < -0.39 is 5.97 Å². The minimum absolute atomic E-state index is 0.217. The van der Waals surface area contributed by atoms with E-state index >= 15 is 0 Å². The summed E-state index contributed by atoms with van der Waals surface area (Å²) in [6.45, 7) is 1.54. The fourth-order valence-corrected chi connectivity index (χ4v) is 2.75. The fraction of sp³-hybridized carbons (Fsp3) is 0.214. The minimum Gasteiger partial charge on any atom is -0.478 e. The molecular weight excluding hydrogens is 282 g/mol. The Morgan fingerprint density at radius 3 is 2.74 bits per heavy atom. The highest BCUT2D eigenvalue weighted by atomic mass is 35.5. The van der Waals surface area contributed by atoms with Gasteiger partial charge in [0.1, 0.15) is 0 Å². The van der Waals surface area contributed by atoms with Crippen molar-refractivity contribution in [1.29, 1.82) is 0 Å². The van der Waals surface area contributed by atoms with Crippen molar-refractivity contribution in [2.75, 3.05) is 7.05 Å². The van der Waals surface area contributed by atoms with E-state index in [1.807, 2.05) is 7.05 Å². The second kappa shape index (κ2) is 6.19. The van der Waals surface area contributed by atoms with Crippen LogP contribution in [0, 0.1) is 0 Å². The van der Waals surface area contributed by atoms with Crippen molar-refractivity contribution < 1.29 is 9.90 Å². The number of hydrogen-bond acceptors (Lipinski definition) is 3. The Labute approximate surface area is 121 Å². The van der Waals surface area contributed by atoms with Gasteiger partial charge in [0.15, 0.2) is 0 Å². The average molecular weight is 296 g/mol. The van der Waals surface area contributed by atoms with Crippen LogP contribution in [0.3, 0.4) is 0 Å². The van der Waals surface area contributed by atoms with Gasteiger partial charge in [-0.1, -0.05) is 17.7 Å². The molecule has 0 amide bonds. The van der Waals surface area contributed by atoms with Crippen molar-refractivity contribution in [2.24, 2.45) is 0 Å². The van der Waals surface area contributed by atoms with Crippen LogP contribution >= 0.6 is 22.9 Å². The summed E-state index contributed by atoms with van der Waals surface area (Å²) in [4.78, 5) is 13.0. The number of thiophene rings is 1. The summed E-state index contributed by atoms with van der Waals surface area (Å²) < 4.78 is 0. The van der Waals surface area contributed by atoms with Gasteiger partial charge >= 0.3 is 5.97 Å². The third kappa shape index (κ3) is 3.80. The highest BCUT2D eigenvalue weighted by Crippen LogP contribution is 2.20. The quantitative estimate of drug-likeness (QED) is 0.913. The zero-order valence-electron chi connectivity index (χ0n) is 10.5. The minimum atomic E-state index is -0.958. The molecule has 0 fully saturated rings. The third-order valence-corrected chi connectivity index (χ3v) is 3.86. The molecule has 0 radical (unpaired) electrons. The molecule has 19 heavy (non-hydrogen) atoms. The van der Waals surface area contributed by atoms with E-state index in [4.69, 9.17) is 16.7 Å². The summed E-state index contributed by atoms with van der Waals surface area (Å²) in [6, 6.07) is 6.95. The van der Waals surface area contributed by atoms with Crippen molar-refractivity contribution in [3.05, 3.63) is 56.7 Å². The van der Waals surface area contributed by atoms with E-state index in [9.17, 15) is 4.79 Å². The number of hydrogen-bond donors (Lipinski definition) is 1. The lowest BCUT2D eigenvalue weighted by Gasteiger charge is -2.17. The molecule has 0 bridgehead atoms. The van der Waals surface area contributed by atoms with Gasteiger partial charge in [-0.2, -0.15) is 11.3 Å². The van der Waals surface area contributed by atoms with Gasteiger partial charge in [-0.3, -0.25) is 4.90 Å². The summed E-state index contributed by atoms with van der Waals surface area (Å²) >= 11 is 7.79. The van der Waals surface area contributed by atoms with Gasteiger partial charge in [0.2, 0.25) is 0 Å². The Bertz CT molecular complexity index is 569. The van der Waals surface area contributed by atoms with Crippen molar-refractivity contribution in [1.82, 2.24) is 4.90 Å². The molecule has 1 aromatic heterocycles. The van der Waals surface area contributed by atoms with E-state index in [-0.39, 0.29) is 5.56 Å². The van der Waals surface area contributed by atoms with Crippen LogP contribution in [-0.4, -0.2) is 23.0 Å². The Kier molecular flexibility index (Phi) is 4.58. The predicted molar refractivity (Wildman–Crippen MR) is 77.9 cm³/mol. The number of carboxylic acid groups (broad SMARTS) is 1. The van der Waals surface area contributed by atoms with Crippen LogP contribution in [-0.2, 0) is 13.1 Å². The number of nitrogens with zero attached hydrogens (tertiary/aromatic N) is 1. The van der Waals surface area contributed by atoms with Crippen molar-refractivity contribution in [3.8, 4) is 0 Å². The Balaban J connectivity index is 2.04. The van der Waals surface area contributed by atoms with E-state index in [0.29, 0.717) is 11.6 Å². The van der Waals surface area contributed by atoms with E-state index in [1.54, 1.807) is 23.5 Å². The van der Waals surface area contributed by atoms with Crippen LogP contribution in [0.2, 0.25) is 5.02 Å². The number of halogens is 1. The first-order valence-electron chi connectivity index (χ1n) is 5.77. The second-order valence-electron chi connectivity index (χ2n) is 4.42. The zero-order valence-corrected chi connectivity index (χ0v) is 12.0. The normalized spacial score (nSPS) is 10.9. The summed E-state index contributed by atoms with van der Waals surface area (Å²) in [5.41, 5.74) is 2.42. The van der Waals surface area contributed by atoms with Gasteiger partial charge in [-0.25, -0.2) is 4.79 Å². The number of carboxylic acids is 1. The molecule has 0 saturated carbocycles. The highest BCUT2D eigenvalue weighted by molar-refractivity contribution is 7.07. The fourth-order valence-electron chi connectivity index (χ4n) is 1.85. The maximum atomic E-state index is 10.8. The Hall–Kier alpha value is -1.36. The van der Waals surface area contributed by atoms with Gasteiger partial charge in [0, 0.05) is 18.1 Å². The second-order valence-corrected chi connectivity index (χ2v) is 5.60. The molecule has 2 aromatic rings. The number of benzene rings is 1. The highest BCUT2D eigenvalue weighted by Gasteiger charge is 2.09. The van der Waals surface area contributed by atoms with Gasteiger partial charge in [0.05, 0.1) is 5.56 Å². The molecule has 5 heteroatoms. The molecule has 1 N–H and O–H groups in total. The smallest absolute Gasteiger partial charge is 0.335 e. The van der Waals surface area contributed by atoms with Crippen LogP contribution < -0.4 is 0 Å². The number of carbonyl (C=O) groups is 1. The lowest BCUT2D eigenvalue weighted by atomic mass is 10.1. The lowest BCUT2D eigenvalue weighted by Crippen LogP contribution is -2.17. The zero-order chi connectivity index (χ0) is 13.8. The Morgan fingerprint density at radius 1 is 1.37 bits per heavy atom. The topological polar surface area (TPSA) is 40.5 Å². The van der Waals surface area contributed by atoms with Crippen LogP contribution in [0.15, 0.2) is 35.0 Å². The van der Waals surface area contributed by atoms with Gasteiger partial charge < -0.3 is 5.11 Å². The van der Waals surface area contributed by atoms with Gasteiger partial charge in [-0.15, -0.1) is 0 Å². The van der Waals surface area contributed by atoms with Crippen LogP contribution in [0.1, 0.15) is 21.5 Å². The first kappa shape index (κ1) is 14.1.